The number of aryl methyl sites for hydroxylation is 1. The van der Waals surface area contributed by atoms with Crippen molar-refractivity contribution in [3.8, 4) is 5.69 Å². The summed E-state index contributed by atoms with van der Waals surface area (Å²) < 4.78 is 49.8. The van der Waals surface area contributed by atoms with Gasteiger partial charge in [-0.25, -0.2) is 9.59 Å². The molecule has 0 fully saturated rings. The molecule has 0 radical (unpaired) electrons. The van der Waals surface area contributed by atoms with Crippen molar-refractivity contribution in [2.45, 2.75) is 32.0 Å². The first-order chi connectivity index (χ1) is 17.5. The first-order valence-corrected chi connectivity index (χ1v) is 12.2. The number of carbonyl (C=O) groups excluding carboxylic acids is 1. The largest absolute Gasteiger partial charge is 0.462 e. The van der Waals surface area contributed by atoms with Crippen molar-refractivity contribution in [3.05, 3.63) is 95.4 Å². The molecule has 1 aliphatic carbocycles. The molecule has 4 aromatic rings. The normalized spacial score (nSPS) is 15.2. The number of fused-ring (bicyclic) bond motifs is 2. The van der Waals surface area contributed by atoms with E-state index in [0.29, 0.717) is 10.2 Å². The number of hydrogen-bond donors (Lipinski definition) is 0. The molecule has 0 aliphatic heterocycles. The van der Waals surface area contributed by atoms with Crippen molar-refractivity contribution in [2.24, 2.45) is 7.05 Å². The number of aromatic nitrogens is 3. The Hall–Kier alpha value is -3.93. The minimum Gasteiger partial charge on any atom is -0.462 e. The Morgan fingerprint density at radius 2 is 1.92 bits per heavy atom. The van der Waals surface area contributed by atoms with Crippen molar-refractivity contribution < 1.29 is 22.7 Å². The SMILES string of the molecule is CCOC(=O)c1cn(-c2ccc3c(c2)sc(=O)n3C)c(=O)n([C@@H]2CCc3c2cccc3C(F)(F)F)c1=O. The van der Waals surface area contributed by atoms with Crippen molar-refractivity contribution in [1.29, 1.82) is 0 Å². The van der Waals surface area contributed by atoms with Crippen LogP contribution in [0.25, 0.3) is 15.9 Å². The van der Waals surface area contributed by atoms with Crippen molar-refractivity contribution in [3.63, 3.8) is 0 Å². The molecular weight excluding hydrogens is 511 g/mol. The van der Waals surface area contributed by atoms with Gasteiger partial charge >= 0.3 is 22.7 Å². The van der Waals surface area contributed by atoms with Crippen LogP contribution in [0.5, 0.6) is 0 Å². The zero-order valence-electron chi connectivity index (χ0n) is 19.7. The Bertz CT molecular complexity index is 1750. The van der Waals surface area contributed by atoms with Crippen LogP contribution < -0.4 is 16.1 Å². The van der Waals surface area contributed by atoms with Gasteiger partial charge in [0.05, 0.1) is 34.1 Å². The van der Waals surface area contributed by atoms with Gasteiger partial charge < -0.3 is 9.30 Å². The predicted octanol–water partition coefficient (Wildman–Crippen LogP) is 3.64. The maximum absolute atomic E-state index is 13.7. The molecule has 192 valence electrons. The summed E-state index contributed by atoms with van der Waals surface area (Å²) in [5.74, 6) is -0.956. The van der Waals surface area contributed by atoms with Gasteiger partial charge in [-0.3, -0.25) is 18.7 Å². The summed E-state index contributed by atoms with van der Waals surface area (Å²) in [6.45, 7) is 1.53. The second kappa shape index (κ2) is 8.87. The highest BCUT2D eigenvalue weighted by Crippen LogP contribution is 2.41. The summed E-state index contributed by atoms with van der Waals surface area (Å²) >= 11 is 0.965. The maximum atomic E-state index is 13.7. The molecule has 0 saturated carbocycles. The molecule has 1 atom stereocenters. The Kier molecular flexibility index (Phi) is 5.94. The molecule has 0 spiro atoms. The number of carbonyl (C=O) groups is 1. The third-order valence-electron chi connectivity index (χ3n) is 6.53. The summed E-state index contributed by atoms with van der Waals surface area (Å²) in [6, 6.07) is 7.44. The van der Waals surface area contributed by atoms with Gasteiger partial charge in [-0.15, -0.1) is 0 Å². The van der Waals surface area contributed by atoms with Crippen LogP contribution in [0, 0.1) is 0 Å². The number of alkyl halides is 3. The number of esters is 1. The molecule has 0 amide bonds. The summed E-state index contributed by atoms with van der Waals surface area (Å²) in [4.78, 5) is 51.7. The zero-order chi connectivity index (χ0) is 26.6. The van der Waals surface area contributed by atoms with Gasteiger partial charge in [0.15, 0.2) is 0 Å². The molecule has 8 nitrogen and oxygen atoms in total. The Morgan fingerprint density at radius 1 is 1.16 bits per heavy atom. The maximum Gasteiger partial charge on any atom is 0.416 e. The van der Waals surface area contributed by atoms with Crippen molar-refractivity contribution in [2.75, 3.05) is 6.61 Å². The monoisotopic (exact) mass is 531 g/mol. The molecule has 5 rings (SSSR count). The quantitative estimate of drug-likeness (QED) is 0.375. The van der Waals surface area contributed by atoms with Gasteiger partial charge in [0, 0.05) is 13.2 Å². The van der Waals surface area contributed by atoms with E-state index in [1.165, 1.54) is 16.7 Å². The van der Waals surface area contributed by atoms with E-state index < -0.39 is 40.6 Å². The van der Waals surface area contributed by atoms with Gasteiger partial charge in [0.25, 0.3) is 5.56 Å². The minimum absolute atomic E-state index is 0.00906. The van der Waals surface area contributed by atoms with E-state index in [4.69, 9.17) is 4.74 Å². The topological polar surface area (TPSA) is 92.3 Å². The predicted molar refractivity (Wildman–Crippen MR) is 131 cm³/mol. The molecular formula is C25H20F3N3O5S. The smallest absolute Gasteiger partial charge is 0.416 e. The zero-order valence-corrected chi connectivity index (χ0v) is 20.5. The lowest BCUT2D eigenvalue weighted by Gasteiger charge is -2.19. The fourth-order valence-electron chi connectivity index (χ4n) is 4.82. The van der Waals surface area contributed by atoms with Gasteiger partial charge in [0.2, 0.25) is 0 Å². The van der Waals surface area contributed by atoms with E-state index in [2.05, 4.69) is 0 Å². The van der Waals surface area contributed by atoms with Crippen LogP contribution in [-0.4, -0.2) is 26.3 Å². The second-order valence-corrected chi connectivity index (χ2v) is 9.59. The Labute approximate surface area is 210 Å². The number of nitrogens with zero attached hydrogens (tertiary/aromatic N) is 3. The van der Waals surface area contributed by atoms with Gasteiger partial charge in [-0.2, -0.15) is 13.2 Å². The standard InChI is InChI=1S/C25H20F3N3O5S/c1-3-36-22(33)16-12-30(13-7-9-19-20(11-13)37-24(35)29(19)2)23(34)31(21(16)32)18-10-8-14-15(18)5-4-6-17(14)25(26,27)28/h4-7,9,11-12,18H,3,8,10H2,1-2H3/t18-/m1/s1. The summed E-state index contributed by atoms with van der Waals surface area (Å²) in [5.41, 5.74) is -1.87. The van der Waals surface area contributed by atoms with Gasteiger partial charge in [-0.05, 0) is 55.2 Å². The molecule has 12 heteroatoms. The van der Waals surface area contributed by atoms with Crippen LogP contribution >= 0.6 is 11.3 Å². The van der Waals surface area contributed by atoms with E-state index in [1.807, 2.05) is 0 Å². The Morgan fingerprint density at radius 3 is 2.62 bits per heavy atom. The lowest BCUT2D eigenvalue weighted by atomic mass is 10.0. The molecule has 0 unspecified atom stereocenters. The van der Waals surface area contributed by atoms with Gasteiger partial charge in [0.1, 0.15) is 5.56 Å². The molecule has 2 heterocycles. The second-order valence-electron chi connectivity index (χ2n) is 8.60. The van der Waals surface area contributed by atoms with Crippen molar-refractivity contribution in [1.82, 2.24) is 13.7 Å². The Balaban J connectivity index is 1.76. The molecule has 1 aliphatic rings. The molecule has 0 saturated heterocycles. The van der Waals surface area contributed by atoms with E-state index in [9.17, 15) is 32.3 Å². The minimum atomic E-state index is -4.59. The third-order valence-corrected chi connectivity index (χ3v) is 7.52. The summed E-state index contributed by atoms with van der Waals surface area (Å²) in [7, 11) is 1.61. The molecule has 2 aromatic carbocycles. The number of hydrogen-bond acceptors (Lipinski definition) is 6. The fraction of sp³-hybridized carbons (Fsp3) is 0.280. The number of ether oxygens (including phenoxy) is 1. The first kappa shape index (κ1) is 24.8. The van der Waals surface area contributed by atoms with Crippen LogP contribution in [0.4, 0.5) is 13.2 Å². The fourth-order valence-corrected chi connectivity index (χ4v) is 5.73. The highest BCUT2D eigenvalue weighted by atomic mass is 32.1. The molecule has 0 bridgehead atoms. The van der Waals surface area contributed by atoms with E-state index in [0.717, 1.165) is 32.7 Å². The molecule has 0 N–H and O–H groups in total. The van der Waals surface area contributed by atoms with Crippen LogP contribution in [0.3, 0.4) is 0 Å². The number of halogens is 3. The summed E-state index contributed by atoms with van der Waals surface area (Å²) in [6.07, 6.45) is -3.43. The van der Waals surface area contributed by atoms with Gasteiger partial charge in [-0.1, -0.05) is 23.5 Å². The van der Waals surface area contributed by atoms with Crippen LogP contribution in [0.2, 0.25) is 0 Å². The van der Waals surface area contributed by atoms with E-state index in [-0.39, 0.29) is 41.1 Å². The van der Waals surface area contributed by atoms with Crippen molar-refractivity contribution >= 4 is 27.5 Å². The lowest BCUT2D eigenvalue weighted by Crippen LogP contribution is -2.44. The average Bonchev–Trinajstić information content (AvgIpc) is 3.39. The van der Waals surface area contributed by atoms with E-state index >= 15 is 0 Å². The average molecular weight is 532 g/mol. The van der Waals surface area contributed by atoms with Crippen LogP contribution in [-0.2, 0) is 24.4 Å². The first-order valence-electron chi connectivity index (χ1n) is 11.4. The third kappa shape index (κ3) is 4.01. The highest BCUT2D eigenvalue weighted by molar-refractivity contribution is 7.16. The van der Waals surface area contributed by atoms with Crippen LogP contribution in [0.1, 0.15) is 46.4 Å². The highest BCUT2D eigenvalue weighted by Gasteiger charge is 2.38. The van der Waals surface area contributed by atoms with Crippen LogP contribution in [0.15, 0.2) is 57.0 Å². The number of rotatable bonds is 4. The number of benzene rings is 2. The molecule has 2 aromatic heterocycles. The number of thiazole rings is 1. The lowest BCUT2D eigenvalue weighted by molar-refractivity contribution is -0.138. The summed E-state index contributed by atoms with van der Waals surface area (Å²) in [5, 5.41) is 0. The molecule has 37 heavy (non-hydrogen) atoms. The van der Waals surface area contributed by atoms with E-state index in [1.54, 1.807) is 32.2 Å².